The predicted octanol–water partition coefficient (Wildman–Crippen LogP) is 6.66. The van der Waals surface area contributed by atoms with Crippen molar-refractivity contribution in [2.24, 2.45) is 0 Å². The summed E-state index contributed by atoms with van der Waals surface area (Å²) in [6.07, 6.45) is 13.1. The van der Waals surface area contributed by atoms with Crippen molar-refractivity contribution in [2.45, 2.75) is 77.6 Å². The van der Waals surface area contributed by atoms with Gasteiger partial charge < -0.3 is 14.4 Å². The molecule has 172 valence electrons. The van der Waals surface area contributed by atoms with E-state index in [0.29, 0.717) is 24.7 Å². The van der Waals surface area contributed by atoms with E-state index in [4.69, 9.17) is 9.47 Å². The number of para-hydroxylation sites is 2. The molecule has 30 heavy (non-hydrogen) atoms. The Morgan fingerprint density at radius 2 is 1.63 bits per heavy atom. The van der Waals surface area contributed by atoms with Gasteiger partial charge in [-0.05, 0) is 50.9 Å². The molecule has 0 aromatic heterocycles. The predicted molar refractivity (Wildman–Crippen MR) is 127 cm³/mol. The zero-order chi connectivity index (χ0) is 20.6. The number of hydrogen-bond donors (Lipinski definition) is 1. The normalized spacial score (nSPS) is 14.4. The Hall–Kier alpha value is -1.46. The minimum atomic E-state index is -0.406. The highest BCUT2D eigenvalue weighted by atomic mass is 35.5. The Morgan fingerprint density at radius 3 is 2.40 bits per heavy atom. The molecular weight excluding hydrogens is 400 g/mol. The fourth-order valence-electron chi connectivity index (χ4n) is 3.72. The molecule has 1 heterocycles. The van der Waals surface area contributed by atoms with Gasteiger partial charge in [-0.15, -0.1) is 12.4 Å². The molecule has 0 unspecified atom stereocenters. The van der Waals surface area contributed by atoms with Gasteiger partial charge in [0.05, 0.1) is 18.9 Å². The van der Waals surface area contributed by atoms with Crippen LogP contribution in [0.4, 0.5) is 10.5 Å². The summed E-state index contributed by atoms with van der Waals surface area (Å²) in [5.41, 5.74) is 0.677. The molecule has 1 fully saturated rings. The molecular formula is C24H41ClN2O3. The van der Waals surface area contributed by atoms with Crippen molar-refractivity contribution in [3.05, 3.63) is 24.3 Å². The van der Waals surface area contributed by atoms with Gasteiger partial charge in [-0.25, -0.2) is 4.79 Å². The minimum absolute atomic E-state index is 0. The van der Waals surface area contributed by atoms with Gasteiger partial charge in [-0.2, -0.15) is 0 Å². The quantitative estimate of drug-likeness (QED) is 0.348. The Bertz CT molecular complexity index is 563. The van der Waals surface area contributed by atoms with Crippen LogP contribution in [0.15, 0.2) is 24.3 Å². The molecule has 1 aromatic carbocycles. The Labute approximate surface area is 189 Å². The van der Waals surface area contributed by atoms with Crippen molar-refractivity contribution in [3.63, 3.8) is 0 Å². The number of halogens is 1. The van der Waals surface area contributed by atoms with E-state index in [-0.39, 0.29) is 12.4 Å². The first-order valence-electron chi connectivity index (χ1n) is 11.7. The number of rotatable bonds is 13. The average Bonchev–Trinajstić information content (AvgIpc) is 3.00. The first-order chi connectivity index (χ1) is 14.3. The van der Waals surface area contributed by atoms with E-state index in [1.807, 2.05) is 24.3 Å². The van der Waals surface area contributed by atoms with Crippen LogP contribution in [0, 0.1) is 0 Å². The SMILES string of the molecule is CCCCCCCCOc1ccccc1NC(=O)OCCCN1CCCCCC1.Cl. The van der Waals surface area contributed by atoms with E-state index in [9.17, 15) is 4.79 Å². The first-order valence-corrected chi connectivity index (χ1v) is 11.7. The zero-order valence-corrected chi connectivity index (χ0v) is 19.5. The minimum Gasteiger partial charge on any atom is -0.491 e. The lowest BCUT2D eigenvalue weighted by Gasteiger charge is -2.19. The molecule has 0 aliphatic carbocycles. The molecule has 1 saturated heterocycles. The molecule has 6 heteroatoms. The maximum absolute atomic E-state index is 12.1. The highest BCUT2D eigenvalue weighted by Gasteiger charge is 2.10. The van der Waals surface area contributed by atoms with E-state index in [2.05, 4.69) is 17.1 Å². The van der Waals surface area contributed by atoms with E-state index < -0.39 is 6.09 Å². The molecule has 0 atom stereocenters. The van der Waals surface area contributed by atoms with E-state index in [1.165, 1.54) is 70.9 Å². The standard InChI is InChI=1S/C24H40N2O3.ClH/c1-2-3-4-5-8-13-20-28-23-16-10-9-15-22(23)25-24(27)29-21-14-19-26-17-11-6-7-12-18-26;/h9-10,15-16H,2-8,11-14,17-21H2,1H3,(H,25,27);1H. The molecule has 1 N–H and O–H groups in total. The number of nitrogens with one attached hydrogen (secondary N) is 1. The number of ether oxygens (including phenoxy) is 2. The maximum Gasteiger partial charge on any atom is 0.411 e. The Kier molecular flexibility index (Phi) is 15.3. The van der Waals surface area contributed by atoms with Crippen LogP contribution in [0.3, 0.4) is 0 Å². The molecule has 0 spiro atoms. The van der Waals surface area contributed by atoms with Crippen molar-refractivity contribution in [1.82, 2.24) is 4.90 Å². The smallest absolute Gasteiger partial charge is 0.411 e. The van der Waals surface area contributed by atoms with Crippen molar-refractivity contribution in [2.75, 3.05) is 38.2 Å². The lowest BCUT2D eigenvalue weighted by molar-refractivity contribution is 0.152. The lowest BCUT2D eigenvalue weighted by Crippen LogP contribution is -2.27. The molecule has 1 aromatic rings. The summed E-state index contributed by atoms with van der Waals surface area (Å²) >= 11 is 0. The van der Waals surface area contributed by atoms with Gasteiger partial charge in [0.1, 0.15) is 5.75 Å². The topological polar surface area (TPSA) is 50.8 Å². The second-order valence-electron chi connectivity index (χ2n) is 7.98. The summed E-state index contributed by atoms with van der Waals surface area (Å²) in [7, 11) is 0. The van der Waals surface area contributed by atoms with Crippen LogP contribution >= 0.6 is 12.4 Å². The number of benzene rings is 1. The second kappa shape index (κ2) is 17.2. The van der Waals surface area contributed by atoms with Gasteiger partial charge in [0.15, 0.2) is 0 Å². The number of amides is 1. The highest BCUT2D eigenvalue weighted by Crippen LogP contribution is 2.24. The van der Waals surface area contributed by atoms with Gasteiger partial charge >= 0.3 is 6.09 Å². The molecule has 1 aliphatic rings. The molecule has 0 saturated carbocycles. The van der Waals surface area contributed by atoms with E-state index in [1.54, 1.807) is 0 Å². The number of carbonyl (C=O) groups is 1. The van der Waals surface area contributed by atoms with Crippen LogP contribution in [0.25, 0.3) is 0 Å². The second-order valence-corrected chi connectivity index (χ2v) is 7.98. The number of anilines is 1. The van der Waals surface area contributed by atoms with Crippen molar-refractivity contribution in [3.8, 4) is 5.75 Å². The third-order valence-corrected chi connectivity index (χ3v) is 5.43. The van der Waals surface area contributed by atoms with Crippen LogP contribution in [-0.2, 0) is 4.74 Å². The molecule has 0 bridgehead atoms. The zero-order valence-electron chi connectivity index (χ0n) is 18.7. The van der Waals surface area contributed by atoms with Gasteiger partial charge in [-0.1, -0.05) is 64.0 Å². The highest BCUT2D eigenvalue weighted by molar-refractivity contribution is 5.86. The number of unbranched alkanes of at least 4 members (excludes halogenated alkanes) is 5. The van der Waals surface area contributed by atoms with Crippen molar-refractivity contribution in [1.29, 1.82) is 0 Å². The number of nitrogens with zero attached hydrogens (tertiary/aromatic N) is 1. The molecule has 1 aliphatic heterocycles. The summed E-state index contributed by atoms with van der Waals surface area (Å²) in [4.78, 5) is 14.6. The fraction of sp³-hybridized carbons (Fsp3) is 0.708. The number of hydrogen-bond acceptors (Lipinski definition) is 4. The van der Waals surface area contributed by atoms with Gasteiger partial charge in [0.2, 0.25) is 0 Å². The van der Waals surface area contributed by atoms with Crippen LogP contribution in [0.5, 0.6) is 5.75 Å². The lowest BCUT2D eigenvalue weighted by atomic mass is 10.1. The summed E-state index contributed by atoms with van der Waals surface area (Å²) in [6.45, 7) is 6.71. The third kappa shape index (κ3) is 11.7. The van der Waals surface area contributed by atoms with E-state index in [0.717, 1.165) is 19.4 Å². The van der Waals surface area contributed by atoms with Gasteiger partial charge in [0, 0.05) is 6.54 Å². The average molecular weight is 441 g/mol. The van der Waals surface area contributed by atoms with Crippen molar-refractivity contribution >= 4 is 24.2 Å². The van der Waals surface area contributed by atoms with E-state index >= 15 is 0 Å². The van der Waals surface area contributed by atoms with Crippen LogP contribution < -0.4 is 10.1 Å². The maximum atomic E-state index is 12.1. The molecule has 0 radical (unpaired) electrons. The third-order valence-electron chi connectivity index (χ3n) is 5.43. The van der Waals surface area contributed by atoms with Crippen molar-refractivity contribution < 1.29 is 14.3 Å². The Morgan fingerprint density at radius 1 is 0.933 bits per heavy atom. The summed E-state index contributed by atoms with van der Waals surface area (Å²) < 4.78 is 11.3. The molecule has 1 amide bonds. The number of carbonyl (C=O) groups excluding carboxylic acids is 1. The summed E-state index contributed by atoms with van der Waals surface area (Å²) in [5, 5.41) is 2.83. The Balaban J connectivity index is 0.00000450. The monoisotopic (exact) mass is 440 g/mol. The largest absolute Gasteiger partial charge is 0.491 e. The molecule has 2 rings (SSSR count). The van der Waals surface area contributed by atoms with Crippen LogP contribution in [-0.4, -0.2) is 43.8 Å². The van der Waals surface area contributed by atoms with Gasteiger partial charge in [0.25, 0.3) is 0 Å². The van der Waals surface area contributed by atoms with Crippen LogP contribution in [0.2, 0.25) is 0 Å². The summed E-state index contributed by atoms with van der Waals surface area (Å²) in [5.74, 6) is 0.711. The fourth-order valence-corrected chi connectivity index (χ4v) is 3.72. The first kappa shape index (κ1) is 26.6. The van der Waals surface area contributed by atoms with Gasteiger partial charge in [-0.3, -0.25) is 5.32 Å². The summed E-state index contributed by atoms with van der Waals surface area (Å²) in [6, 6.07) is 7.57. The number of likely N-dealkylation sites (tertiary alicyclic amines) is 1. The molecule has 5 nitrogen and oxygen atoms in total. The van der Waals surface area contributed by atoms with Crippen LogP contribution in [0.1, 0.15) is 77.6 Å².